The van der Waals surface area contributed by atoms with Crippen molar-refractivity contribution in [3.63, 3.8) is 0 Å². The SMILES string of the molecule is CC[C@H](C)N(CCc1nc(-c2cccc(Cl)c2)no1)C(=O)CC(C)(C)C. The summed E-state index contributed by atoms with van der Waals surface area (Å²) >= 11 is 6.01. The molecule has 0 unspecified atom stereocenters. The van der Waals surface area contributed by atoms with Gasteiger partial charge in [0, 0.05) is 36.0 Å². The number of aromatic nitrogens is 2. The van der Waals surface area contributed by atoms with E-state index in [1.165, 1.54) is 0 Å². The zero-order valence-corrected chi connectivity index (χ0v) is 17.0. The molecule has 0 aliphatic heterocycles. The van der Waals surface area contributed by atoms with Crippen molar-refractivity contribution in [3.8, 4) is 11.4 Å². The van der Waals surface area contributed by atoms with Crippen LogP contribution in [-0.4, -0.2) is 33.5 Å². The molecule has 2 rings (SSSR count). The fraction of sp³-hybridized carbons (Fsp3) is 0.550. The first-order chi connectivity index (χ1) is 12.2. The Hall–Kier alpha value is -1.88. The Morgan fingerprint density at radius 1 is 1.35 bits per heavy atom. The summed E-state index contributed by atoms with van der Waals surface area (Å²) < 4.78 is 5.36. The Balaban J connectivity index is 2.06. The van der Waals surface area contributed by atoms with Crippen molar-refractivity contribution in [2.24, 2.45) is 5.41 Å². The Labute approximate surface area is 160 Å². The van der Waals surface area contributed by atoms with Crippen LogP contribution in [0.2, 0.25) is 5.02 Å². The van der Waals surface area contributed by atoms with Crippen LogP contribution in [0.25, 0.3) is 11.4 Å². The lowest BCUT2D eigenvalue weighted by atomic mass is 9.91. The molecule has 142 valence electrons. The van der Waals surface area contributed by atoms with Gasteiger partial charge in [0.05, 0.1) is 0 Å². The van der Waals surface area contributed by atoms with Gasteiger partial charge in [0.2, 0.25) is 17.6 Å². The van der Waals surface area contributed by atoms with Crippen molar-refractivity contribution in [1.29, 1.82) is 0 Å². The molecule has 1 heterocycles. The summed E-state index contributed by atoms with van der Waals surface area (Å²) in [4.78, 5) is 19.1. The second kappa shape index (κ2) is 8.67. The largest absolute Gasteiger partial charge is 0.339 e. The first-order valence-corrected chi connectivity index (χ1v) is 9.45. The molecule has 0 fully saturated rings. The van der Waals surface area contributed by atoms with Gasteiger partial charge >= 0.3 is 0 Å². The highest BCUT2D eigenvalue weighted by Crippen LogP contribution is 2.22. The summed E-state index contributed by atoms with van der Waals surface area (Å²) in [6, 6.07) is 7.52. The van der Waals surface area contributed by atoms with Crippen molar-refractivity contribution in [2.45, 2.75) is 59.9 Å². The van der Waals surface area contributed by atoms with Crippen LogP contribution in [0.4, 0.5) is 0 Å². The number of benzene rings is 1. The number of amides is 1. The van der Waals surface area contributed by atoms with Gasteiger partial charge in [-0.2, -0.15) is 4.98 Å². The van der Waals surface area contributed by atoms with Crippen molar-refractivity contribution in [1.82, 2.24) is 15.0 Å². The number of rotatable bonds is 7. The van der Waals surface area contributed by atoms with Crippen LogP contribution in [0.15, 0.2) is 28.8 Å². The summed E-state index contributed by atoms with van der Waals surface area (Å²) in [5, 5.41) is 4.66. The van der Waals surface area contributed by atoms with E-state index in [2.05, 4.69) is 44.8 Å². The van der Waals surface area contributed by atoms with E-state index in [9.17, 15) is 4.79 Å². The van der Waals surface area contributed by atoms with E-state index in [1.807, 2.05) is 17.0 Å². The molecule has 0 radical (unpaired) electrons. The first kappa shape index (κ1) is 20.4. The lowest BCUT2D eigenvalue weighted by molar-refractivity contribution is -0.135. The minimum atomic E-state index is -0.0347. The molecule has 1 atom stereocenters. The molecule has 0 spiro atoms. The maximum absolute atomic E-state index is 12.7. The van der Waals surface area contributed by atoms with Crippen molar-refractivity contribution >= 4 is 17.5 Å². The molecule has 0 N–H and O–H groups in total. The summed E-state index contributed by atoms with van der Waals surface area (Å²) in [7, 11) is 0. The fourth-order valence-corrected chi connectivity index (χ4v) is 2.87. The van der Waals surface area contributed by atoms with Crippen molar-refractivity contribution in [2.75, 3.05) is 6.54 Å². The molecule has 1 amide bonds. The Bertz CT molecular complexity index is 737. The molecular formula is C20H28ClN3O2. The minimum Gasteiger partial charge on any atom is -0.339 e. The lowest BCUT2D eigenvalue weighted by Crippen LogP contribution is -2.41. The first-order valence-electron chi connectivity index (χ1n) is 9.07. The van der Waals surface area contributed by atoms with Gasteiger partial charge in [-0.15, -0.1) is 0 Å². The molecule has 0 saturated carbocycles. The van der Waals surface area contributed by atoms with Gasteiger partial charge < -0.3 is 9.42 Å². The summed E-state index contributed by atoms with van der Waals surface area (Å²) in [5.41, 5.74) is 0.780. The number of hydrogen-bond acceptors (Lipinski definition) is 4. The molecule has 26 heavy (non-hydrogen) atoms. The molecule has 5 nitrogen and oxygen atoms in total. The van der Waals surface area contributed by atoms with E-state index >= 15 is 0 Å². The van der Waals surface area contributed by atoms with Crippen LogP contribution in [0.3, 0.4) is 0 Å². The number of hydrogen-bond donors (Lipinski definition) is 0. The molecule has 0 aliphatic carbocycles. The molecule has 6 heteroatoms. The fourth-order valence-electron chi connectivity index (χ4n) is 2.68. The maximum Gasteiger partial charge on any atom is 0.228 e. The van der Waals surface area contributed by atoms with Gasteiger partial charge in [-0.3, -0.25) is 4.79 Å². The average Bonchev–Trinajstić information content (AvgIpc) is 3.02. The monoisotopic (exact) mass is 377 g/mol. The zero-order valence-electron chi connectivity index (χ0n) is 16.3. The van der Waals surface area contributed by atoms with E-state index in [0.29, 0.717) is 36.1 Å². The quantitative estimate of drug-likeness (QED) is 0.681. The smallest absolute Gasteiger partial charge is 0.228 e. The second-order valence-electron chi connectivity index (χ2n) is 7.85. The van der Waals surface area contributed by atoms with Crippen LogP contribution in [-0.2, 0) is 11.2 Å². The van der Waals surface area contributed by atoms with E-state index in [-0.39, 0.29) is 17.4 Å². The van der Waals surface area contributed by atoms with Crippen LogP contribution >= 0.6 is 11.6 Å². The van der Waals surface area contributed by atoms with Crippen molar-refractivity contribution < 1.29 is 9.32 Å². The van der Waals surface area contributed by atoms with Gasteiger partial charge in [0.25, 0.3) is 0 Å². The van der Waals surface area contributed by atoms with Gasteiger partial charge in [0.1, 0.15) is 0 Å². The minimum absolute atomic E-state index is 0.0347. The summed E-state index contributed by atoms with van der Waals surface area (Å²) in [6.07, 6.45) is 1.97. The van der Waals surface area contributed by atoms with Crippen molar-refractivity contribution in [3.05, 3.63) is 35.2 Å². The Kier molecular flexibility index (Phi) is 6.81. The topological polar surface area (TPSA) is 59.2 Å². The predicted molar refractivity (Wildman–Crippen MR) is 104 cm³/mol. The third kappa shape index (κ3) is 5.84. The number of halogens is 1. The Morgan fingerprint density at radius 2 is 2.08 bits per heavy atom. The number of nitrogens with zero attached hydrogens (tertiary/aromatic N) is 3. The molecular weight excluding hydrogens is 350 g/mol. The van der Waals surface area contributed by atoms with E-state index < -0.39 is 0 Å². The van der Waals surface area contributed by atoms with E-state index in [0.717, 1.165) is 12.0 Å². The van der Waals surface area contributed by atoms with Gasteiger partial charge in [-0.25, -0.2) is 0 Å². The van der Waals surface area contributed by atoms with Crippen LogP contribution in [0.1, 0.15) is 53.4 Å². The molecule has 0 aliphatic rings. The molecule has 0 bridgehead atoms. The average molecular weight is 378 g/mol. The molecule has 2 aromatic rings. The zero-order chi connectivity index (χ0) is 19.3. The number of carbonyl (C=O) groups is 1. The van der Waals surface area contributed by atoms with Gasteiger partial charge in [-0.1, -0.05) is 56.6 Å². The van der Waals surface area contributed by atoms with Crippen LogP contribution in [0.5, 0.6) is 0 Å². The number of carbonyl (C=O) groups excluding carboxylic acids is 1. The molecule has 1 aromatic carbocycles. The summed E-state index contributed by atoms with van der Waals surface area (Å²) in [6.45, 7) is 11.0. The molecule has 1 aromatic heterocycles. The third-order valence-electron chi connectivity index (χ3n) is 4.24. The molecule has 0 saturated heterocycles. The lowest BCUT2D eigenvalue weighted by Gasteiger charge is -2.31. The van der Waals surface area contributed by atoms with E-state index in [4.69, 9.17) is 16.1 Å². The maximum atomic E-state index is 12.7. The van der Waals surface area contributed by atoms with E-state index in [1.54, 1.807) is 12.1 Å². The highest BCUT2D eigenvalue weighted by atomic mass is 35.5. The Morgan fingerprint density at radius 3 is 2.69 bits per heavy atom. The normalized spacial score (nSPS) is 12.8. The van der Waals surface area contributed by atoms with Gasteiger partial charge in [-0.05, 0) is 30.9 Å². The second-order valence-corrected chi connectivity index (χ2v) is 8.29. The standard InChI is InChI=1S/C20H28ClN3O2/c1-6-14(2)24(18(25)13-20(3,4)5)11-10-17-22-19(23-26-17)15-8-7-9-16(21)12-15/h7-9,12,14H,6,10-11,13H2,1-5H3/t14-/m0/s1. The highest BCUT2D eigenvalue weighted by Gasteiger charge is 2.24. The van der Waals surface area contributed by atoms with Crippen LogP contribution < -0.4 is 0 Å². The third-order valence-corrected chi connectivity index (χ3v) is 4.48. The van der Waals surface area contributed by atoms with Gasteiger partial charge in [0.15, 0.2) is 0 Å². The highest BCUT2D eigenvalue weighted by molar-refractivity contribution is 6.30. The van der Waals surface area contributed by atoms with Crippen LogP contribution in [0, 0.1) is 5.41 Å². The summed E-state index contributed by atoms with van der Waals surface area (Å²) in [5.74, 6) is 1.21. The predicted octanol–water partition coefficient (Wildman–Crippen LogP) is 5.00.